The van der Waals surface area contributed by atoms with Gasteiger partial charge in [0.05, 0.1) is 0 Å². The summed E-state index contributed by atoms with van der Waals surface area (Å²) in [6.07, 6.45) is 4.12. The number of nitrogens with one attached hydrogen (secondary N) is 1. The molecule has 0 fully saturated rings. The molecule has 27 heavy (non-hydrogen) atoms. The summed E-state index contributed by atoms with van der Waals surface area (Å²) < 4.78 is 2.00. The van der Waals surface area contributed by atoms with Gasteiger partial charge < -0.3 is 9.88 Å². The Bertz CT molecular complexity index is 928. The zero-order chi connectivity index (χ0) is 19.2. The minimum atomic E-state index is 0.0396. The molecule has 3 rings (SSSR count). The fourth-order valence-electron chi connectivity index (χ4n) is 3.38. The third-order valence-electron chi connectivity index (χ3n) is 4.86. The number of amides is 1. The van der Waals surface area contributed by atoms with Crippen molar-refractivity contribution in [2.24, 2.45) is 0 Å². The van der Waals surface area contributed by atoms with Crippen LogP contribution in [-0.4, -0.2) is 22.3 Å². The molecule has 1 atom stereocenters. The van der Waals surface area contributed by atoms with Gasteiger partial charge in [0.25, 0.3) is 0 Å². The minimum absolute atomic E-state index is 0.0396. The molecular weight excluding hydrogens is 336 g/mol. The molecule has 1 heterocycles. The van der Waals surface area contributed by atoms with Crippen molar-refractivity contribution in [3.63, 3.8) is 0 Å². The van der Waals surface area contributed by atoms with Crippen molar-refractivity contribution in [2.45, 2.75) is 45.7 Å². The van der Waals surface area contributed by atoms with Crippen molar-refractivity contribution in [2.75, 3.05) is 0 Å². The third kappa shape index (κ3) is 4.85. The van der Waals surface area contributed by atoms with Gasteiger partial charge in [-0.1, -0.05) is 48.5 Å². The van der Waals surface area contributed by atoms with E-state index in [1.807, 2.05) is 60.2 Å². The maximum absolute atomic E-state index is 12.3. The van der Waals surface area contributed by atoms with Crippen LogP contribution in [0.3, 0.4) is 0 Å². The number of hydrogen-bond donors (Lipinski definition) is 1. The van der Waals surface area contributed by atoms with E-state index in [0.717, 1.165) is 23.7 Å². The first-order valence-corrected chi connectivity index (χ1v) is 9.46. The van der Waals surface area contributed by atoms with Crippen LogP contribution in [0.5, 0.6) is 0 Å². The van der Waals surface area contributed by atoms with E-state index in [2.05, 4.69) is 17.4 Å². The van der Waals surface area contributed by atoms with Crippen LogP contribution < -0.4 is 5.32 Å². The molecule has 3 aromatic rings. The first-order chi connectivity index (χ1) is 13.0. The fourth-order valence-corrected chi connectivity index (χ4v) is 3.38. The van der Waals surface area contributed by atoms with Crippen molar-refractivity contribution < 1.29 is 9.59 Å². The van der Waals surface area contributed by atoms with Gasteiger partial charge in [0.2, 0.25) is 5.91 Å². The van der Waals surface area contributed by atoms with E-state index in [9.17, 15) is 9.59 Å². The number of para-hydroxylation sites is 1. The van der Waals surface area contributed by atoms with Crippen LogP contribution >= 0.6 is 0 Å². The van der Waals surface area contributed by atoms with Gasteiger partial charge in [-0.3, -0.25) is 9.59 Å². The van der Waals surface area contributed by atoms with Crippen LogP contribution in [-0.2, 0) is 17.8 Å². The molecule has 2 aromatic carbocycles. The van der Waals surface area contributed by atoms with Crippen molar-refractivity contribution in [3.05, 3.63) is 71.9 Å². The molecule has 4 nitrogen and oxygen atoms in total. The summed E-state index contributed by atoms with van der Waals surface area (Å²) in [6.45, 7) is 4.18. The number of aromatic nitrogens is 1. The number of hydrogen-bond acceptors (Lipinski definition) is 2. The SMILES string of the molecule is CC(=O)c1cn(CCC(=O)N[C@@H](C)CCc2ccccc2)c2ccccc12. The maximum atomic E-state index is 12.3. The molecule has 0 saturated heterocycles. The molecule has 1 aromatic heterocycles. The fraction of sp³-hybridized carbons (Fsp3) is 0.304. The van der Waals surface area contributed by atoms with E-state index >= 15 is 0 Å². The molecule has 4 heteroatoms. The Morgan fingerprint density at radius 2 is 1.74 bits per heavy atom. The molecule has 0 spiro atoms. The molecule has 0 radical (unpaired) electrons. The summed E-state index contributed by atoms with van der Waals surface area (Å²) in [6, 6.07) is 18.3. The average molecular weight is 362 g/mol. The van der Waals surface area contributed by atoms with E-state index < -0.39 is 0 Å². The normalized spacial score (nSPS) is 12.1. The summed E-state index contributed by atoms with van der Waals surface area (Å²) in [5.41, 5.74) is 2.99. The van der Waals surface area contributed by atoms with Crippen LogP contribution in [0.4, 0.5) is 0 Å². The highest BCUT2D eigenvalue weighted by Crippen LogP contribution is 2.22. The number of nitrogens with zero attached hydrogens (tertiary/aromatic N) is 1. The number of fused-ring (bicyclic) bond motifs is 1. The summed E-state index contributed by atoms with van der Waals surface area (Å²) in [5.74, 6) is 0.0849. The highest BCUT2D eigenvalue weighted by Gasteiger charge is 2.13. The van der Waals surface area contributed by atoms with Gasteiger partial charge >= 0.3 is 0 Å². The predicted octanol–water partition coefficient (Wildman–Crippen LogP) is 4.37. The monoisotopic (exact) mass is 362 g/mol. The molecule has 0 aliphatic heterocycles. The van der Waals surface area contributed by atoms with E-state index in [4.69, 9.17) is 0 Å². The number of carbonyl (C=O) groups is 2. The van der Waals surface area contributed by atoms with Crippen LogP contribution in [0, 0.1) is 0 Å². The number of aryl methyl sites for hydroxylation is 2. The predicted molar refractivity (Wildman–Crippen MR) is 109 cm³/mol. The lowest BCUT2D eigenvalue weighted by Gasteiger charge is -2.14. The molecule has 0 saturated carbocycles. The van der Waals surface area contributed by atoms with Crippen LogP contribution in [0.1, 0.15) is 42.6 Å². The van der Waals surface area contributed by atoms with Gasteiger partial charge in [-0.15, -0.1) is 0 Å². The third-order valence-corrected chi connectivity index (χ3v) is 4.86. The second-order valence-electron chi connectivity index (χ2n) is 7.05. The summed E-state index contributed by atoms with van der Waals surface area (Å²) in [7, 11) is 0. The van der Waals surface area contributed by atoms with E-state index in [-0.39, 0.29) is 17.7 Å². The van der Waals surface area contributed by atoms with Crippen LogP contribution in [0.2, 0.25) is 0 Å². The molecule has 0 aliphatic rings. The lowest BCUT2D eigenvalue weighted by Crippen LogP contribution is -2.33. The molecule has 1 N–H and O–H groups in total. The Labute approximate surface area is 160 Å². The Morgan fingerprint density at radius 1 is 1.04 bits per heavy atom. The largest absolute Gasteiger partial charge is 0.354 e. The molecule has 0 aliphatic carbocycles. The molecule has 140 valence electrons. The highest BCUT2D eigenvalue weighted by atomic mass is 16.1. The second kappa shape index (κ2) is 8.67. The lowest BCUT2D eigenvalue weighted by atomic mass is 10.1. The molecule has 1 amide bonds. The van der Waals surface area contributed by atoms with E-state index in [1.165, 1.54) is 5.56 Å². The van der Waals surface area contributed by atoms with Crippen molar-refractivity contribution >= 4 is 22.6 Å². The number of rotatable bonds is 8. The zero-order valence-corrected chi connectivity index (χ0v) is 15.9. The van der Waals surface area contributed by atoms with Gasteiger partial charge in [0, 0.05) is 41.7 Å². The van der Waals surface area contributed by atoms with Gasteiger partial charge in [-0.2, -0.15) is 0 Å². The second-order valence-corrected chi connectivity index (χ2v) is 7.05. The summed E-state index contributed by atoms with van der Waals surface area (Å²) in [4.78, 5) is 24.2. The first-order valence-electron chi connectivity index (χ1n) is 9.46. The first kappa shape index (κ1) is 18.9. The smallest absolute Gasteiger partial charge is 0.221 e. The topological polar surface area (TPSA) is 51.1 Å². The molecule has 0 bridgehead atoms. The Balaban J connectivity index is 1.55. The highest BCUT2D eigenvalue weighted by molar-refractivity contribution is 6.06. The van der Waals surface area contributed by atoms with Crippen molar-refractivity contribution in [3.8, 4) is 0 Å². The minimum Gasteiger partial charge on any atom is -0.354 e. The standard InChI is InChI=1S/C23H26N2O2/c1-17(12-13-19-8-4-3-5-9-19)24-23(27)14-15-25-16-21(18(2)26)20-10-6-7-11-22(20)25/h3-11,16-17H,12-15H2,1-2H3,(H,24,27)/t17-/m0/s1. The van der Waals surface area contributed by atoms with Gasteiger partial charge in [0.1, 0.15) is 0 Å². The van der Waals surface area contributed by atoms with Gasteiger partial charge in [0.15, 0.2) is 5.78 Å². The quantitative estimate of drug-likeness (QED) is 0.605. The number of carbonyl (C=O) groups excluding carboxylic acids is 2. The average Bonchev–Trinajstić information content (AvgIpc) is 3.05. The van der Waals surface area contributed by atoms with E-state index in [1.54, 1.807) is 6.92 Å². The maximum Gasteiger partial charge on any atom is 0.221 e. The Kier molecular flexibility index (Phi) is 6.07. The van der Waals surface area contributed by atoms with Gasteiger partial charge in [-0.25, -0.2) is 0 Å². The summed E-state index contributed by atoms with van der Waals surface area (Å²) in [5, 5.41) is 4.02. The van der Waals surface area contributed by atoms with Crippen molar-refractivity contribution in [1.29, 1.82) is 0 Å². The number of benzene rings is 2. The molecule has 0 unspecified atom stereocenters. The van der Waals surface area contributed by atoms with E-state index in [0.29, 0.717) is 18.5 Å². The zero-order valence-electron chi connectivity index (χ0n) is 15.9. The van der Waals surface area contributed by atoms with Crippen molar-refractivity contribution in [1.82, 2.24) is 9.88 Å². The number of ketones is 1. The Morgan fingerprint density at radius 3 is 2.48 bits per heavy atom. The summed E-state index contributed by atoms with van der Waals surface area (Å²) >= 11 is 0. The lowest BCUT2D eigenvalue weighted by molar-refractivity contribution is -0.121. The van der Waals surface area contributed by atoms with Gasteiger partial charge in [-0.05, 0) is 38.3 Å². The Hall–Kier alpha value is -2.88. The van der Waals surface area contributed by atoms with Crippen LogP contribution in [0.15, 0.2) is 60.8 Å². The van der Waals surface area contributed by atoms with Crippen LogP contribution in [0.25, 0.3) is 10.9 Å². The molecular formula is C23H26N2O2. The number of Topliss-reactive ketones (excluding diaryl/α,β-unsaturated/α-hetero) is 1.